The van der Waals surface area contributed by atoms with E-state index in [1.807, 2.05) is 0 Å². The Bertz CT molecular complexity index is 863. The van der Waals surface area contributed by atoms with Crippen LogP contribution in [0.3, 0.4) is 0 Å². The van der Waals surface area contributed by atoms with Gasteiger partial charge in [-0.3, -0.25) is 9.79 Å². The molecule has 0 atom stereocenters. The molecule has 0 radical (unpaired) electrons. The third-order valence-electron chi connectivity index (χ3n) is 3.60. The number of halogens is 5. The Morgan fingerprint density at radius 2 is 1.82 bits per heavy atom. The van der Waals surface area contributed by atoms with Gasteiger partial charge in [0.2, 0.25) is 5.91 Å². The molecule has 0 aliphatic carbocycles. The summed E-state index contributed by atoms with van der Waals surface area (Å²) in [5.74, 6) is -5.19. The first-order chi connectivity index (χ1) is 12.8. The molecule has 2 aromatic rings. The molecule has 0 aliphatic rings. The highest BCUT2D eigenvalue weighted by Gasteiger charge is 2.16. The molecule has 5 nitrogen and oxygen atoms in total. The molecule has 0 saturated heterocycles. The molecule has 152 valence electrons. The van der Waals surface area contributed by atoms with Gasteiger partial charge in [0.15, 0.2) is 23.4 Å². The van der Waals surface area contributed by atoms with Crippen molar-refractivity contribution in [3.05, 3.63) is 65.2 Å². The van der Waals surface area contributed by atoms with Gasteiger partial charge in [-0.25, -0.2) is 17.6 Å². The van der Waals surface area contributed by atoms with Gasteiger partial charge in [-0.05, 0) is 29.8 Å². The lowest BCUT2D eigenvalue weighted by molar-refractivity contribution is -0.115. The summed E-state index contributed by atoms with van der Waals surface area (Å²) >= 11 is 0. The molecule has 0 spiro atoms. The number of aliphatic imine (C=N–C) groups is 1. The van der Waals surface area contributed by atoms with Gasteiger partial charge >= 0.3 is 0 Å². The van der Waals surface area contributed by atoms with Gasteiger partial charge in [-0.1, -0.05) is 12.1 Å². The van der Waals surface area contributed by atoms with E-state index in [0.717, 1.165) is 6.07 Å². The molecule has 2 N–H and O–H groups in total. The Morgan fingerprint density at radius 3 is 2.46 bits per heavy atom. The number of nitrogens with zero attached hydrogens (tertiary/aromatic N) is 2. The SMILES string of the molecule is CN=C(NCC(=O)Nc1ccc(F)c(F)c1F)N(C)Cc1cccc(F)c1.I. The van der Waals surface area contributed by atoms with Crippen molar-refractivity contribution >= 4 is 41.5 Å². The first kappa shape index (κ1) is 23.7. The van der Waals surface area contributed by atoms with Crippen LogP contribution >= 0.6 is 24.0 Å². The first-order valence-electron chi connectivity index (χ1n) is 7.91. The van der Waals surface area contributed by atoms with E-state index in [-0.39, 0.29) is 36.3 Å². The fourth-order valence-corrected chi connectivity index (χ4v) is 2.34. The lowest BCUT2D eigenvalue weighted by Crippen LogP contribution is -2.42. The van der Waals surface area contributed by atoms with Gasteiger partial charge in [0.05, 0.1) is 12.2 Å². The first-order valence-corrected chi connectivity index (χ1v) is 7.91. The minimum Gasteiger partial charge on any atom is -0.347 e. The van der Waals surface area contributed by atoms with Crippen LogP contribution in [0.1, 0.15) is 5.56 Å². The van der Waals surface area contributed by atoms with Gasteiger partial charge in [-0.2, -0.15) is 0 Å². The summed E-state index contributed by atoms with van der Waals surface area (Å²) in [5.41, 5.74) is 0.234. The molecule has 2 aromatic carbocycles. The molecule has 0 aromatic heterocycles. The summed E-state index contributed by atoms with van der Waals surface area (Å²) in [6, 6.07) is 7.67. The van der Waals surface area contributed by atoms with Crippen LogP contribution in [0.25, 0.3) is 0 Å². The molecular weight excluding hydrogens is 491 g/mol. The lowest BCUT2D eigenvalue weighted by atomic mass is 10.2. The number of benzene rings is 2. The lowest BCUT2D eigenvalue weighted by Gasteiger charge is -2.22. The molecule has 1 amide bonds. The number of carbonyl (C=O) groups is 1. The van der Waals surface area contributed by atoms with Crippen LogP contribution in [0.4, 0.5) is 23.2 Å². The summed E-state index contributed by atoms with van der Waals surface area (Å²) in [6.07, 6.45) is 0. The van der Waals surface area contributed by atoms with Crippen molar-refractivity contribution in [3.8, 4) is 0 Å². The van der Waals surface area contributed by atoms with E-state index in [1.165, 1.54) is 19.2 Å². The van der Waals surface area contributed by atoms with Crippen molar-refractivity contribution in [3.63, 3.8) is 0 Å². The minimum atomic E-state index is -1.66. The smallest absolute Gasteiger partial charge is 0.243 e. The number of amides is 1. The van der Waals surface area contributed by atoms with Gasteiger partial charge < -0.3 is 15.5 Å². The number of carbonyl (C=O) groups excluding carboxylic acids is 1. The molecular formula is C18H19F4IN4O. The molecule has 2 rings (SSSR count). The predicted octanol–water partition coefficient (Wildman–Crippen LogP) is 3.51. The second-order valence-corrected chi connectivity index (χ2v) is 5.66. The molecule has 0 bridgehead atoms. The van der Waals surface area contributed by atoms with E-state index in [1.54, 1.807) is 24.1 Å². The number of hydrogen-bond acceptors (Lipinski definition) is 2. The van der Waals surface area contributed by atoms with E-state index in [2.05, 4.69) is 15.6 Å². The Kier molecular flexibility index (Phi) is 9.16. The van der Waals surface area contributed by atoms with Crippen molar-refractivity contribution in [1.29, 1.82) is 0 Å². The van der Waals surface area contributed by atoms with Gasteiger partial charge in [0.1, 0.15) is 5.82 Å². The third kappa shape index (κ3) is 6.36. The minimum absolute atomic E-state index is 0. The van der Waals surface area contributed by atoms with Gasteiger partial charge in [0, 0.05) is 20.6 Å². The fraction of sp³-hybridized carbons (Fsp3) is 0.222. The quantitative estimate of drug-likeness (QED) is 0.213. The van der Waals surface area contributed by atoms with Crippen molar-refractivity contribution in [2.75, 3.05) is 26.0 Å². The maximum Gasteiger partial charge on any atom is 0.243 e. The van der Waals surface area contributed by atoms with E-state index in [9.17, 15) is 22.4 Å². The normalized spacial score (nSPS) is 10.9. The maximum absolute atomic E-state index is 13.6. The Morgan fingerprint density at radius 1 is 1.11 bits per heavy atom. The molecule has 0 saturated carbocycles. The van der Waals surface area contributed by atoms with Gasteiger partial charge in [-0.15, -0.1) is 24.0 Å². The number of guanidine groups is 1. The van der Waals surface area contributed by atoms with E-state index in [4.69, 9.17) is 0 Å². The Balaban J connectivity index is 0.00000392. The summed E-state index contributed by atoms with van der Waals surface area (Å²) < 4.78 is 52.9. The monoisotopic (exact) mass is 510 g/mol. The van der Waals surface area contributed by atoms with Crippen LogP contribution in [0, 0.1) is 23.3 Å². The molecule has 10 heteroatoms. The molecule has 0 heterocycles. The highest BCUT2D eigenvalue weighted by atomic mass is 127. The highest BCUT2D eigenvalue weighted by molar-refractivity contribution is 14.0. The molecule has 0 fully saturated rings. The highest BCUT2D eigenvalue weighted by Crippen LogP contribution is 2.19. The number of anilines is 1. The number of rotatable bonds is 5. The van der Waals surface area contributed by atoms with Gasteiger partial charge in [0.25, 0.3) is 0 Å². The number of nitrogens with one attached hydrogen (secondary N) is 2. The van der Waals surface area contributed by atoms with Crippen LogP contribution in [0.2, 0.25) is 0 Å². The van der Waals surface area contributed by atoms with Crippen LogP contribution in [-0.2, 0) is 11.3 Å². The van der Waals surface area contributed by atoms with Crippen LogP contribution in [0.5, 0.6) is 0 Å². The second kappa shape index (κ2) is 10.8. The van der Waals surface area contributed by atoms with E-state index < -0.39 is 29.0 Å². The predicted molar refractivity (Wildman–Crippen MR) is 110 cm³/mol. The number of hydrogen-bond donors (Lipinski definition) is 2. The zero-order chi connectivity index (χ0) is 20.0. The summed E-state index contributed by atoms with van der Waals surface area (Å²) in [4.78, 5) is 17.6. The van der Waals surface area contributed by atoms with Crippen LogP contribution < -0.4 is 10.6 Å². The third-order valence-corrected chi connectivity index (χ3v) is 3.60. The summed E-state index contributed by atoms with van der Waals surface area (Å²) in [5, 5.41) is 4.90. The van der Waals surface area contributed by atoms with E-state index >= 15 is 0 Å². The Hall–Kier alpha value is -2.37. The molecule has 0 aliphatic heterocycles. The second-order valence-electron chi connectivity index (χ2n) is 5.66. The average Bonchev–Trinajstić information content (AvgIpc) is 2.63. The average molecular weight is 510 g/mol. The largest absolute Gasteiger partial charge is 0.347 e. The zero-order valence-corrected chi connectivity index (χ0v) is 17.4. The summed E-state index contributed by atoms with van der Waals surface area (Å²) in [7, 11) is 3.19. The molecule has 28 heavy (non-hydrogen) atoms. The Labute approximate surface area is 176 Å². The maximum atomic E-state index is 13.6. The standard InChI is InChI=1S/C18H18F4N4O.HI/c1-23-18(26(2)10-11-4-3-5-12(19)8-11)24-9-15(27)25-14-7-6-13(20)16(21)17(14)22;/h3-8H,9-10H2,1-2H3,(H,23,24)(H,25,27);1H. The van der Waals surface area contributed by atoms with Crippen molar-refractivity contribution < 1.29 is 22.4 Å². The van der Waals surface area contributed by atoms with Crippen molar-refractivity contribution in [2.24, 2.45) is 4.99 Å². The fourth-order valence-electron chi connectivity index (χ4n) is 2.34. The van der Waals surface area contributed by atoms with Crippen LogP contribution in [-0.4, -0.2) is 37.4 Å². The van der Waals surface area contributed by atoms with Crippen molar-refractivity contribution in [2.45, 2.75) is 6.54 Å². The van der Waals surface area contributed by atoms with E-state index in [0.29, 0.717) is 24.1 Å². The topological polar surface area (TPSA) is 56.7 Å². The molecule has 0 unspecified atom stereocenters. The van der Waals surface area contributed by atoms with Crippen molar-refractivity contribution in [1.82, 2.24) is 10.2 Å². The zero-order valence-electron chi connectivity index (χ0n) is 15.1. The summed E-state index contributed by atoms with van der Waals surface area (Å²) in [6.45, 7) is 0.0372. The van der Waals surface area contributed by atoms with Crippen LogP contribution in [0.15, 0.2) is 41.4 Å².